The minimum atomic E-state index is -0.273. The molecule has 0 rings (SSSR count). The number of nitrogens with zero attached hydrogens (tertiary/aromatic N) is 2. The van der Waals surface area contributed by atoms with Crippen LogP contribution in [0, 0.1) is 0 Å². The molecule has 0 aromatic carbocycles. The summed E-state index contributed by atoms with van der Waals surface area (Å²) in [6.07, 6.45) is 1.12. The van der Waals surface area contributed by atoms with E-state index in [1.807, 2.05) is 6.92 Å². The zero-order valence-electron chi connectivity index (χ0n) is 13.1. The minimum absolute atomic E-state index is 0.273. The van der Waals surface area contributed by atoms with Gasteiger partial charge in [0.2, 0.25) is 0 Å². The quantitative estimate of drug-likeness (QED) is 0.425. The van der Waals surface area contributed by atoms with Crippen LogP contribution >= 0.6 is 0 Å². The highest BCUT2D eigenvalue weighted by molar-refractivity contribution is 5.88. The van der Waals surface area contributed by atoms with E-state index in [1.54, 1.807) is 0 Å². The maximum absolute atomic E-state index is 11.5. The largest absolute Gasteiger partial charge is 0.463 e. The lowest BCUT2D eigenvalue weighted by Gasteiger charge is -2.23. The third kappa shape index (κ3) is 8.01. The fourth-order valence-corrected chi connectivity index (χ4v) is 1.97. The van der Waals surface area contributed by atoms with Crippen LogP contribution in [-0.2, 0) is 9.53 Å². The van der Waals surface area contributed by atoms with Gasteiger partial charge in [-0.3, -0.25) is 4.90 Å². The molecule has 0 saturated carbocycles. The molecule has 0 radical (unpaired) electrons. The van der Waals surface area contributed by atoms with Gasteiger partial charge in [-0.25, -0.2) is 4.79 Å². The number of esters is 1. The molecule has 0 spiro atoms. The van der Waals surface area contributed by atoms with Crippen LogP contribution in [-0.4, -0.2) is 61.6 Å². The first kappa shape index (κ1) is 18.1. The summed E-state index contributed by atoms with van der Waals surface area (Å²) in [4.78, 5) is 16.2. The molecular formula is C15H30N2O2. The summed E-state index contributed by atoms with van der Waals surface area (Å²) in [6.45, 7) is 18.3. The SMILES string of the molecule is C=C(CN(CC)CCCN(CC)CC)C(=O)OCC. The third-order valence-corrected chi connectivity index (χ3v) is 3.27. The van der Waals surface area contributed by atoms with Crippen molar-refractivity contribution in [3.8, 4) is 0 Å². The lowest BCUT2D eigenvalue weighted by atomic mass is 10.2. The standard InChI is InChI=1S/C15H30N2O2/c1-6-16(7-2)11-10-12-17(8-3)13-14(5)15(18)19-9-4/h5-13H2,1-4H3. The molecule has 0 aromatic rings. The minimum Gasteiger partial charge on any atom is -0.463 e. The summed E-state index contributed by atoms with van der Waals surface area (Å²) < 4.78 is 4.95. The van der Waals surface area contributed by atoms with E-state index in [0.717, 1.165) is 39.1 Å². The van der Waals surface area contributed by atoms with E-state index in [2.05, 4.69) is 37.1 Å². The van der Waals surface area contributed by atoms with Crippen LogP contribution in [0.2, 0.25) is 0 Å². The maximum atomic E-state index is 11.5. The van der Waals surface area contributed by atoms with Gasteiger partial charge < -0.3 is 9.64 Å². The molecule has 0 heterocycles. The molecule has 0 fully saturated rings. The van der Waals surface area contributed by atoms with Gasteiger partial charge in [0.15, 0.2) is 0 Å². The van der Waals surface area contributed by atoms with Gasteiger partial charge in [0.1, 0.15) is 0 Å². The summed E-state index contributed by atoms with van der Waals surface area (Å²) >= 11 is 0. The second kappa shape index (κ2) is 11.0. The second-order valence-electron chi connectivity index (χ2n) is 4.57. The smallest absolute Gasteiger partial charge is 0.334 e. The van der Waals surface area contributed by atoms with Gasteiger partial charge >= 0.3 is 5.97 Å². The maximum Gasteiger partial charge on any atom is 0.334 e. The van der Waals surface area contributed by atoms with Crippen LogP contribution in [0.3, 0.4) is 0 Å². The molecule has 0 aliphatic heterocycles. The van der Waals surface area contributed by atoms with Gasteiger partial charge in [0.25, 0.3) is 0 Å². The summed E-state index contributed by atoms with van der Waals surface area (Å²) in [5, 5.41) is 0. The van der Waals surface area contributed by atoms with Crippen molar-refractivity contribution in [1.82, 2.24) is 9.80 Å². The van der Waals surface area contributed by atoms with Crippen LogP contribution < -0.4 is 0 Å². The average Bonchev–Trinajstić information content (AvgIpc) is 2.42. The molecule has 0 aliphatic rings. The predicted octanol–water partition coefficient (Wildman–Crippen LogP) is 2.16. The first-order valence-electron chi connectivity index (χ1n) is 7.38. The van der Waals surface area contributed by atoms with Crippen LogP contribution in [0.15, 0.2) is 12.2 Å². The number of hydrogen-bond donors (Lipinski definition) is 0. The lowest BCUT2D eigenvalue weighted by Crippen LogP contribution is -2.32. The Morgan fingerprint density at radius 1 is 1.00 bits per heavy atom. The average molecular weight is 270 g/mol. The molecule has 4 heteroatoms. The molecule has 0 unspecified atom stereocenters. The molecule has 0 aliphatic carbocycles. The molecule has 0 saturated heterocycles. The van der Waals surface area contributed by atoms with Crippen molar-refractivity contribution < 1.29 is 9.53 Å². The second-order valence-corrected chi connectivity index (χ2v) is 4.57. The van der Waals surface area contributed by atoms with E-state index in [-0.39, 0.29) is 5.97 Å². The Morgan fingerprint density at radius 3 is 2.00 bits per heavy atom. The Morgan fingerprint density at radius 2 is 1.53 bits per heavy atom. The molecule has 0 N–H and O–H groups in total. The Bertz CT molecular complexity index is 263. The summed E-state index contributed by atoms with van der Waals surface area (Å²) in [6, 6.07) is 0. The number of ether oxygens (including phenoxy) is 1. The zero-order chi connectivity index (χ0) is 14.7. The van der Waals surface area contributed by atoms with Crippen molar-refractivity contribution in [2.24, 2.45) is 0 Å². The third-order valence-electron chi connectivity index (χ3n) is 3.27. The van der Waals surface area contributed by atoms with Gasteiger partial charge in [-0.05, 0) is 46.1 Å². The van der Waals surface area contributed by atoms with E-state index >= 15 is 0 Å². The molecule has 4 nitrogen and oxygen atoms in total. The van der Waals surface area contributed by atoms with Crippen LogP contribution in [0.1, 0.15) is 34.1 Å². The van der Waals surface area contributed by atoms with Gasteiger partial charge in [-0.15, -0.1) is 0 Å². The first-order valence-corrected chi connectivity index (χ1v) is 7.38. The van der Waals surface area contributed by atoms with E-state index in [0.29, 0.717) is 18.7 Å². The summed E-state index contributed by atoms with van der Waals surface area (Å²) in [7, 11) is 0. The molecule has 0 bridgehead atoms. The van der Waals surface area contributed by atoms with E-state index in [9.17, 15) is 4.79 Å². The molecular weight excluding hydrogens is 240 g/mol. The monoisotopic (exact) mass is 270 g/mol. The molecule has 0 amide bonds. The number of carbonyl (C=O) groups is 1. The fourth-order valence-electron chi connectivity index (χ4n) is 1.97. The Kier molecular flexibility index (Phi) is 10.5. The van der Waals surface area contributed by atoms with Crippen LogP contribution in [0.4, 0.5) is 0 Å². The van der Waals surface area contributed by atoms with Crippen LogP contribution in [0.25, 0.3) is 0 Å². The summed E-state index contributed by atoms with van der Waals surface area (Å²) in [5.74, 6) is -0.273. The molecule has 0 aromatic heterocycles. The normalized spacial score (nSPS) is 11.1. The number of likely N-dealkylation sites (N-methyl/N-ethyl adjacent to an activating group) is 1. The predicted molar refractivity (Wildman–Crippen MR) is 80.3 cm³/mol. The van der Waals surface area contributed by atoms with Gasteiger partial charge in [-0.1, -0.05) is 27.4 Å². The topological polar surface area (TPSA) is 32.8 Å². The molecule has 19 heavy (non-hydrogen) atoms. The van der Waals surface area contributed by atoms with Crippen molar-refractivity contribution in [3.63, 3.8) is 0 Å². The number of rotatable bonds is 11. The van der Waals surface area contributed by atoms with Crippen LogP contribution in [0.5, 0.6) is 0 Å². The van der Waals surface area contributed by atoms with E-state index in [1.165, 1.54) is 0 Å². The van der Waals surface area contributed by atoms with Crippen molar-refractivity contribution in [3.05, 3.63) is 12.2 Å². The lowest BCUT2D eigenvalue weighted by molar-refractivity contribution is -0.138. The van der Waals surface area contributed by atoms with Gasteiger partial charge in [-0.2, -0.15) is 0 Å². The fraction of sp³-hybridized carbons (Fsp3) is 0.800. The molecule has 0 atom stereocenters. The highest BCUT2D eigenvalue weighted by atomic mass is 16.5. The highest BCUT2D eigenvalue weighted by Gasteiger charge is 2.12. The van der Waals surface area contributed by atoms with Crippen molar-refractivity contribution in [2.75, 3.05) is 45.9 Å². The zero-order valence-corrected chi connectivity index (χ0v) is 13.1. The Balaban J connectivity index is 4.01. The highest BCUT2D eigenvalue weighted by Crippen LogP contribution is 2.02. The van der Waals surface area contributed by atoms with Crippen molar-refractivity contribution >= 4 is 5.97 Å². The van der Waals surface area contributed by atoms with E-state index < -0.39 is 0 Å². The molecule has 112 valence electrons. The van der Waals surface area contributed by atoms with Crippen molar-refractivity contribution in [1.29, 1.82) is 0 Å². The summed E-state index contributed by atoms with van der Waals surface area (Å²) in [5.41, 5.74) is 0.548. The Labute approximate surface area is 118 Å². The van der Waals surface area contributed by atoms with Gasteiger partial charge in [0, 0.05) is 12.1 Å². The Hall–Kier alpha value is -0.870. The van der Waals surface area contributed by atoms with Gasteiger partial charge in [0.05, 0.1) is 6.61 Å². The van der Waals surface area contributed by atoms with Crippen molar-refractivity contribution in [2.45, 2.75) is 34.1 Å². The van der Waals surface area contributed by atoms with E-state index in [4.69, 9.17) is 4.74 Å². The number of carbonyl (C=O) groups excluding carboxylic acids is 1. The number of hydrogen-bond acceptors (Lipinski definition) is 4. The first-order chi connectivity index (χ1) is 9.08.